The fraction of sp³-hybridized carbons (Fsp3) is 0. The molecule has 0 unspecified atom stereocenters. The Kier molecular flexibility index (Phi) is 3.10. The second-order valence-corrected chi connectivity index (χ2v) is 5.28. The second kappa shape index (κ2) is 5.12. The molecule has 3 aromatic heterocycles. The lowest BCUT2D eigenvalue weighted by Crippen LogP contribution is -1.96. The maximum atomic E-state index is 5.83. The van der Waals surface area contributed by atoms with Crippen molar-refractivity contribution in [2.75, 3.05) is 0 Å². The van der Waals surface area contributed by atoms with E-state index in [-0.39, 0.29) is 10.6 Å². The molecule has 0 saturated carbocycles. The van der Waals surface area contributed by atoms with Crippen molar-refractivity contribution in [1.82, 2.24) is 24.9 Å². The van der Waals surface area contributed by atoms with Crippen LogP contribution in [0.5, 0.6) is 0 Å². The fourth-order valence-electron chi connectivity index (χ4n) is 2.29. The average molecular weight is 328 g/mol. The Morgan fingerprint density at radius 2 is 1.36 bits per heavy atom. The predicted molar refractivity (Wildman–Crippen MR) is 85.9 cm³/mol. The summed E-state index contributed by atoms with van der Waals surface area (Å²) in [5.41, 5.74) is 2.17. The largest absolute Gasteiger partial charge is 0.254 e. The first-order chi connectivity index (χ1) is 10.7. The third kappa shape index (κ3) is 2.24. The van der Waals surface area contributed by atoms with Gasteiger partial charge in [-0.1, -0.05) is 24.3 Å². The van der Waals surface area contributed by atoms with Crippen molar-refractivity contribution in [3.63, 3.8) is 0 Å². The van der Waals surface area contributed by atoms with Gasteiger partial charge in [0.2, 0.25) is 10.6 Å². The molecule has 0 radical (unpaired) electrons. The highest BCUT2D eigenvalue weighted by Crippen LogP contribution is 2.25. The summed E-state index contributed by atoms with van der Waals surface area (Å²) in [7, 11) is 0. The van der Waals surface area contributed by atoms with E-state index in [0.29, 0.717) is 11.5 Å². The zero-order chi connectivity index (χ0) is 15.1. The van der Waals surface area contributed by atoms with Crippen LogP contribution in [0.4, 0.5) is 0 Å². The SMILES string of the molecule is Clc1nc(Cl)nc(-c2ccc3ccc4cccnc4c3n2)n1. The van der Waals surface area contributed by atoms with E-state index in [1.165, 1.54) is 0 Å². The number of rotatable bonds is 1. The molecule has 0 aliphatic carbocycles. The molecule has 5 nitrogen and oxygen atoms in total. The van der Waals surface area contributed by atoms with Crippen LogP contribution >= 0.6 is 23.2 Å². The summed E-state index contributed by atoms with van der Waals surface area (Å²) < 4.78 is 0. The van der Waals surface area contributed by atoms with Gasteiger partial charge in [-0.3, -0.25) is 4.98 Å². The van der Waals surface area contributed by atoms with Gasteiger partial charge in [0.15, 0.2) is 5.82 Å². The molecule has 0 aliphatic rings. The summed E-state index contributed by atoms with van der Waals surface area (Å²) in [5, 5.41) is 2.08. The van der Waals surface area contributed by atoms with E-state index in [0.717, 1.165) is 21.8 Å². The van der Waals surface area contributed by atoms with Gasteiger partial charge in [-0.25, -0.2) is 4.98 Å². The molecule has 3 heterocycles. The average Bonchev–Trinajstić information content (AvgIpc) is 2.53. The molecule has 4 aromatic rings. The van der Waals surface area contributed by atoms with Crippen molar-refractivity contribution in [2.24, 2.45) is 0 Å². The molecule has 106 valence electrons. The molecule has 1 aromatic carbocycles. The van der Waals surface area contributed by atoms with Crippen LogP contribution in [0.15, 0.2) is 42.6 Å². The van der Waals surface area contributed by atoms with Crippen molar-refractivity contribution in [2.45, 2.75) is 0 Å². The molecular weight excluding hydrogens is 321 g/mol. The van der Waals surface area contributed by atoms with Crippen LogP contribution in [0.1, 0.15) is 0 Å². The molecule has 22 heavy (non-hydrogen) atoms. The van der Waals surface area contributed by atoms with Gasteiger partial charge in [0.1, 0.15) is 5.69 Å². The van der Waals surface area contributed by atoms with Gasteiger partial charge in [0, 0.05) is 17.0 Å². The molecule has 0 fully saturated rings. The van der Waals surface area contributed by atoms with E-state index in [1.54, 1.807) is 6.20 Å². The van der Waals surface area contributed by atoms with Gasteiger partial charge in [-0.2, -0.15) is 15.0 Å². The normalized spacial score (nSPS) is 11.2. The van der Waals surface area contributed by atoms with Crippen molar-refractivity contribution in [3.8, 4) is 11.5 Å². The van der Waals surface area contributed by atoms with Crippen LogP contribution in [0.3, 0.4) is 0 Å². The molecule has 7 heteroatoms. The van der Waals surface area contributed by atoms with Crippen LogP contribution in [-0.2, 0) is 0 Å². The van der Waals surface area contributed by atoms with Crippen molar-refractivity contribution >= 4 is 45.0 Å². The number of fused-ring (bicyclic) bond motifs is 3. The quantitative estimate of drug-likeness (QED) is 0.495. The van der Waals surface area contributed by atoms with Crippen LogP contribution in [0.25, 0.3) is 33.3 Å². The lowest BCUT2D eigenvalue weighted by molar-refractivity contribution is 1.05. The third-order valence-corrected chi connectivity index (χ3v) is 3.58. The molecule has 4 rings (SSSR count). The van der Waals surface area contributed by atoms with E-state index in [9.17, 15) is 0 Å². The van der Waals surface area contributed by atoms with Gasteiger partial charge in [-0.15, -0.1) is 0 Å². The minimum atomic E-state index is 0.0351. The summed E-state index contributed by atoms with van der Waals surface area (Å²) in [6.07, 6.45) is 1.74. The highest BCUT2D eigenvalue weighted by Gasteiger charge is 2.10. The van der Waals surface area contributed by atoms with Gasteiger partial charge in [0.05, 0.1) is 11.0 Å². The Balaban J connectivity index is 2.01. The first-order valence-corrected chi connectivity index (χ1v) is 7.18. The molecule has 0 atom stereocenters. The van der Waals surface area contributed by atoms with E-state index in [2.05, 4.69) is 24.9 Å². The highest BCUT2D eigenvalue weighted by atomic mass is 35.5. The number of pyridine rings is 2. The van der Waals surface area contributed by atoms with Gasteiger partial charge in [-0.05, 0) is 35.3 Å². The van der Waals surface area contributed by atoms with Crippen molar-refractivity contribution < 1.29 is 0 Å². The second-order valence-electron chi connectivity index (χ2n) is 4.61. The van der Waals surface area contributed by atoms with Crippen molar-refractivity contribution in [1.29, 1.82) is 0 Å². The maximum Gasteiger partial charge on any atom is 0.227 e. The number of aromatic nitrogens is 5. The topological polar surface area (TPSA) is 64.5 Å². The lowest BCUT2D eigenvalue weighted by atomic mass is 10.1. The molecule has 0 N–H and O–H groups in total. The molecule has 0 amide bonds. The van der Waals surface area contributed by atoms with Crippen LogP contribution in [0, 0.1) is 0 Å². The number of hydrogen-bond acceptors (Lipinski definition) is 5. The molecular formula is C15H7Cl2N5. The third-order valence-electron chi connectivity index (χ3n) is 3.24. The minimum Gasteiger partial charge on any atom is -0.254 e. The fourth-order valence-corrected chi connectivity index (χ4v) is 2.65. The van der Waals surface area contributed by atoms with Crippen LogP contribution in [-0.4, -0.2) is 24.9 Å². The lowest BCUT2D eigenvalue weighted by Gasteiger charge is -2.05. The molecule has 0 saturated heterocycles. The number of hydrogen-bond donors (Lipinski definition) is 0. The maximum absolute atomic E-state index is 5.83. The standard InChI is InChI=1S/C15H7Cl2N5/c16-14-20-13(21-15(17)22-14)10-6-5-9-4-3-8-2-1-7-18-11(8)12(9)19-10/h1-7H. The number of nitrogens with zero attached hydrogens (tertiary/aromatic N) is 5. The van der Waals surface area contributed by atoms with E-state index >= 15 is 0 Å². The molecule has 0 bridgehead atoms. The van der Waals surface area contributed by atoms with Crippen LogP contribution < -0.4 is 0 Å². The van der Waals surface area contributed by atoms with Crippen molar-refractivity contribution in [3.05, 3.63) is 53.2 Å². The van der Waals surface area contributed by atoms with Crippen LogP contribution in [0.2, 0.25) is 10.6 Å². The molecule has 0 aliphatic heterocycles. The Hall–Kier alpha value is -2.37. The summed E-state index contributed by atoms with van der Waals surface area (Å²) in [5.74, 6) is 0.333. The summed E-state index contributed by atoms with van der Waals surface area (Å²) in [6, 6.07) is 11.7. The first kappa shape index (κ1) is 13.3. The Morgan fingerprint density at radius 3 is 2.14 bits per heavy atom. The minimum absolute atomic E-state index is 0.0351. The highest BCUT2D eigenvalue weighted by molar-refractivity contribution is 6.31. The van der Waals surface area contributed by atoms with E-state index < -0.39 is 0 Å². The van der Waals surface area contributed by atoms with Gasteiger partial charge < -0.3 is 0 Å². The van der Waals surface area contributed by atoms with Gasteiger partial charge >= 0.3 is 0 Å². The Labute approximate surface area is 135 Å². The summed E-state index contributed by atoms with van der Waals surface area (Å²) in [4.78, 5) is 20.9. The number of benzene rings is 1. The Morgan fingerprint density at radius 1 is 0.682 bits per heavy atom. The smallest absolute Gasteiger partial charge is 0.227 e. The monoisotopic (exact) mass is 327 g/mol. The first-order valence-electron chi connectivity index (χ1n) is 6.43. The van der Waals surface area contributed by atoms with Gasteiger partial charge in [0.25, 0.3) is 0 Å². The molecule has 0 spiro atoms. The van der Waals surface area contributed by atoms with E-state index in [1.807, 2.05) is 36.4 Å². The zero-order valence-electron chi connectivity index (χ0n) is 11.0. The zero-order valence-corrected chi connectivity index (χ0v) is 12.5. The Bertz CT molecular complexity index is 999. The number of halogens is 2. The summed E-state index contributed by atoms with van der Waals surface area (Å²) >= 11 is 11.7. The van der Waals surface area contributed by atoms with E-state index in [4.69, 9.17) is 23.2 Å². The predicted octanol–water partition coefficient (Wildman–Crippen LogP) is 3.94. The summed E-state index contributed by atoms with van der Waals surface area (Å²) in [6.45, 7) is 0.